The average molecular weight is 614 g/mol. The quantitative estimate of drug-likeness (QED) is 0.0965. The summed E-state index contributed by atoms with van der Waals surface area (Å²) < 4.78 is 29.0. The number of sulfonamides is 1. The second kappa shape index (κ2) is 14.3. The van der Waals surface area contributed by atoms with Crippen LogP contribution in [-0.4, -0.2) is 73.6 Å². The maximum Gasteiger partial charge on any atom is 0.241 e. The zero-order valence-corrected chi connectivity index (χ0v) is 24.7. The van der Waals surface area contributed by atoms with E-state index in [1.54, 1.807) is 30.3 Å². The molecule has 1 saturated heterocycles. The number of aliphatic imine (C=N–C) groups is 1. The molecule has 0 radical (unpaired) electrons. The number of nitrogens with two attached hydrogens (primary N) is 2. The van der Waals surface area contributed by atoms with Crippen molar-refractivity contribution in [3.8, 4) is 0 Å². The van der Waals surface area contributed by atoms with Crippen molar-refractivity contribution >= 4 is 55.1 Å². The molecule has 2 amide bonds. The van der Waals surface area contributed by atoms with Gasteiger partial charge in [0.15, 0.2) is 11.0 Å². The molecule has 4 rings (SSSR count). The lowest BCUT2D eigenvalue weighted by molar-refractivity contribution is -0.137. The fourth-order valence-electron chi connectivity index (χ4n) is 4.74. The molecule has 1 aliphatic rings. The molecule has 2 unspecified atom stereocenters. The largest absolute Gasteiger partial charge is 0.370 e. The van der Waals surface area contributed by atoms with E-state index < -0.39 is 33.9 Å². The minimum absolute atomic E-state index is 0.0679. The number of nitrogens with one attached hydrogen (secondary N) is 2. The minimum Gasteiger partial charge on any atom is -0.370 e. The molecule has 2 aromatic carbocycles. The maximum absolute atomic E-state index is 13.4. The molecule has 224 valence electrons. The summed E-state index contributed by atoms with van der Waals surface area (Å²) in [5.41, 5.74) is 12.1. The van der Waals surface area contributed by atoms with E-state index in [0.29, 0.717) is 43.3 Å². The predicted molar refractivity (Wildman–Crippen MR) is 162 cm³/mol. The fourth-order valence-corrected chi connectivity index (χ4v) is 7.06. The smallest absolute Gasteiger partial charge is 0.241 e. The third-order valence-electron chi connectivity index (χ3n) is 6.74. The van der Waals surface area contributed by atoms with Crippen LogP contribution in [0.1, 0.15) is 47.5 Å². The number of guanidine groups is 1. The van der Waals surface area contributed by atoms with Crippen LogP contribution >= 0.6 is 11.3 Å². The number of fused-ring (bicyclic) bond motifs is 1. The molecule has 12 nitrogen and oxygen atoms in total. The molecule has 1 aromatic heterocycles. The van der Waals surface area contributed by atoms with E-state index in [9.17, 15) is 22.8 Å². The number of carbonyl (C=O) groups excluding carboxylic acids is 3. The molecule has 14 heteroatoms. The van der Waals surface area contributed by atoms with Gasteiger partial charge >= 0.3 is 0 Å². The Morgan fingerprint density at radius 3 is 2.57 bits per heavy atom. The van der Waals surface area contributed by atoms with Crippen LogP contribution in [-0.2, 0) is 25.4 Å². The monoisotopic (exact) mass is 613 g/mol. The number of likely N-dealkylation sites (tertiary alicyclic amines) is 1. The number of hydrogen-bond acceptors (Lipinski definition) is 8. The van der Waals surface area contributed by atoms with Crippen LogP contribution in [0.25, 0.3) is 10.2 Å². The van der Waals surface area contributed by atoms with E-state index in [4.69, 9.17) is 11.5 Å². The van der Waals surface area contributed by atoms with Gasteiger partial charge in [-0.3, -0.25) is 19.4 Å². The van der Waals surface area contributed by atoms with E-state index in [2.05, 4.69) is 20.0 Å². The summed E-state index contributed by atoms with van der Waals surface area (Å²) in [5, 5.41) is 3.03. The van der Waals surface area contributed by atoms with Crippen LogP contribution in [0.4, 0.5) is 0 Å². The molecule has 1 aliphatic heterocycles. The molecule has 2 heterocycles. The standard InChI is InChI=1S/C28H35N7O5S2/c29-28(30)31-15-8-13-21(25(37)26-33-20-11-4-5-14-23(20)41-26)32-24(36)17-35-16-7-6-12-22(27(35)38)34-42(39,40)18-19-9-2-1-3-10-19/h1-5,9-11,14,21-22,34H,6-8,12-13,15-18H2,(H,32,36)(H4,29,30,31). The van der Waals surface area contributed by atoms with Crippen LogP contribution in [0.2, 0.25) is 0 Å². The van der Waals surface area contributed by atoms with Gasteiger partial charge in [0, 0.05) is 13.1 Å². The highest BCUT2D eigenvalue weighted by Crippen LogP contribution is 2.23. The lowest BCUT2D eigenvalue weighted by Gasteiger charge is -2.25. The molecule has 3 aromatic rings. The second-order valence-electron chi connectivity index (χ2n) is 10.1. The maximum atomic E-state index is 13.4. The number of hydrogen-bond donors (Lipinski definition) is 4. The highest BCUT2D eigenvalue weighted by Gasteiger charge is 2.32. The van der Waals surface area contributed by atoms with Crippen LogP contribution in [0.15, 0.2) is 59.6 Å². The van der Waals surface area contributed by atoms with E-state index in [-0.39, 0.29) is 42.0 Å². The molecule has 0 spiro atoms. The average Bonchev–Trinajstić information content (AvgIpc) is 3.32. The summed E-state index contributed by atoms with van der Waals surface area (Å²) in [7, 11) is -3.80. The first kappa shape index (κ1) is 31.1. The van der Waals surface area contributed by atoms with Crippen LogP contribution in [0.3, 0.4) is 0 Å². The van der Waals surface area contributed by atoms with Gasteiger partial charge in [-0.15, -0.1) is 11.3 Å². The first-order valence-corrected chi connectivity index (χ1v) is 16.2. The number of nitrogens with zero attached hydrogens (tertiary/aromatic N) is 3. The fraction of sp³-hybridized carbons (Fsp3) is 0.393. The number of rotatable bonds is 13. The van der Waals surface area contributed by atoms with E-state index >= 15 is 0 Å². The number of benzene rings is 2. The number of thiazole rings is 1. The number of aromatic nitrogens is 1. The normalized spacial score (nSPS) is 16.5. The Bertz CT molecular complexity index is 1510. The summed E-state index contributed by atoms with van der Waals surface area (Å²) in [6.07, 6.45) is 2.24. The molecule has 0 aliphatic carbocycles. The van der Waals surface area contributed by atoms with E-state index in [1.807, 2.05) is 24.3 Å². The summed E-state index contributed by atoms with van der Waals surface area (Å²) in [5.74, 6) is -1.67. The summed E-state index contributed by atoms with van der Waals surface area (Å²) in [6, 6.07) is 14.2. The Balaban J connectivity index is 1.43. The van der Waals surface area contributed by atoms with E-state index in [1.165, 1.54) is 16.2 Å². The Morgan fingerprint density at radius 2 is 1.83 bits per heavy atom. The number of carbonyl (C=O) groups is 3. The highest BCUT2D eigenvalue weighted by molar-refractivity contribution is 7.88. The van der Waals surface area contributed by atoms with Gasteiger partial charge < -0.3 is 21.7 Å². The van der Waals surface area contributed by atoms with Crippen molar-refractivity contribution in [2.75, 3.05) is 19.6 Å². The Hall–Kier alpha value is -3.88. The third-order valence-corrected chi connectivity index (χ3v) is 9.15. The second-order valence-corrected chi connectivity index (χ2v) is 12.9. The molecule has 42 heavy (non-hydrogen) atoms. The summed E-state index contributed by atoms with van der Waals surface area (Å²) >= 11 is 1.24. The molecule has 2 atom stereocenters. The molecule has 0 bridgehead atoms. The van der Waals surface area contributed by atoms with Crippen molar-refractivity contribution in [2.45, 2.75) is 49.9 Å². The van der Waals surface area contributed by atoms with Gasteiger partial charge in [-0.05, 0) is 49.8 Å². The lowest BCUT2D eigenvalue weighted by atomic mass is 10.1. The molecule has 0 saturated carbocycles. The number of ketones is 1. The summed E-state index contributed by atoms with van der Waals surface area (Å²) in [4.78, 5) is 49.7. The number of amides is 2. The topological polar surface area (TPSA) is 190 Å². The van der Waals surface area contributed by atoms with Crippen LogP contribution < -0.4 is 21.5 Å². The van der Waals surface area contributed by atoms with Crippen molar-refractivity contribution in [1.29, 1.82) is 0 Å². The van der Waals surface area contributed by atoms with E-state index in [0.717, 1.165) is 4.70 Å². The van der Waals surface area contributed by atoms with Crippen LogP contribution in [0, 0.1) is 0 Å². The van der Waals surface area contributed by atoms with Gasteiger partial charge in [-0.2, -0.15) is 0 Å². The van der Waals surface area contributed by atoms with Gasteiger partial charge in [-0.1, -0.05) is 42.5 Å². The highest BCUT2D eigenvalue weighted by atomic mass is 32.2. The SMILES string of the molecule is NC(N)=NCCCC(NC(=O)CN1CCCCC(NS(=O)(=O)Cc2ccccc2)C1=O)C(=O)c1nc2ccccc2s1. The third kappa shape index (κ3) is 8.81. The zero-order valence-electron chi connectivity index (χ0n) is 23.1. The van der Waals surface area contributed by atoms with Gasteiger partial charge in [0.25, 0.3) is 0 Å². The zero-order chi connectivity index (χ0) is 30.1. The summed E-state index contributed by atoms with van der Waals surface area (Å²) in [6.45, 7) is 0.259. The van der Waals surface area contributed by atoms with Crippen molar-refractivity contribution < 1.29 is 22.8 Å². The van der Waals surface area contributed by atoms with Gasteiger partial charge in [0.05, 0.1) is 28.6 Å². The van der Waals surface area contributed by atoms with Gasteiger partial charge in [0.2, 0.25) is 27.6 Å². The Morgan fingerprint density at radius 1 is 1.10 bits per heavy atom. The molecular formula is C28H35N7O5S2. The first-order valence-electron chi connectivity index (χ1n) is 13.7. The van der Waals surface area contributed by atoms with Crippen molar-refractivity contribution in [3.05, 3.63) is 65.2 Å². The molecule has 6 N–H and O–H groups in total. The van der Waals surface area contributed by atoms with Gasteiger partial charge in [-0.25, -0.2) is 18.1 Å². The van der Waals surface area contributed by atoms with Crippen molar-refractivity contribution in [1.82, 2.24) is 19.9 Å². The van der Waals surface area contributed by atoms with Crippen LogP contribution in [0.5, 0.6) is 0 Å². The first-order chi connectivity index (χ1) is 20.1. The Kier molecular flexibility index (Phi) is 10.6. The molecular weight excluding hydrogens is 578 g/mol. The van der Waals surface area contributed by atoms with Gasteiger partial charge in [0.1, 0.15) is 6.04 Å². The van der Waals surface area contributed by atoms with Crippen molar-refractivity contribution in [2.24, 2.45) is 16.5 Å². The molecule has 1 fully saturated rings. The minimum atomic E-state index is -3.80. The predicted octanol–water partition coefficient (Wildman–Crippen LogP) is 1.52. The lowest BCUT2D eigenvalue weighted by Crippen LogP contribution is -2.51. The van der Waals surface area contributed by atoms with Crippen molar-refractivity contribution in [3.63, 3.8) is 0 Å². The Labute approximate surface area is 248 Å². The number of para-hydroxylation sites is 1. The number of Topliss-reactive ketones (excluding diaryl/α,β-unsaturated/α-hetero) is 1.